The number of aromatic nitrogens is 1. The van der Waals surface area contributed by atoms with Crippen molar-refractivity contribution in [2.24, 2.45) is 5.92 Å². The van der Waals surface area contributed by atoms with E-state index in [1.807, 2.05) is 45.0 Å². The fourth-order valence-corrected chi connectivity index (χ4v) is 6.85. The molecule has 0 aliphatic carbocycles. The Bertz CT molecular complexity index is 1280. The first-order valence-electron chi connectivity index (χ1n) is 12.8. The van der Waals surface area contributed by atoms with Crippen LogP contribution in [-0.2, 0) is 25.4 Å². The molecule has 204 valence electrons. The molecular formula is C27H35N5O5S. The number of benzene rings is 1. The Morgan fingerprint density at radius 2 is 1.84 bits per heavy atom. The van der Waals surface area contributed by atoms with Crippen LogP contribution in [0.4, 0.5) is 5.69 Å². The molecular weight excluding hydrogens is 506 g/mol. The summed E-state index contributed by atoms with van der Waals surface area (Å²) in [6, 6.07) is 9.82. The van der Waals surface area contributed by atoms with Crippen LogP contribution in [0.3, 0.4) is 0 Å². The minimum Gasteiger partial charge on any atom is -0.378 e. The number of hydrogen-bond acceptors (Lipinski definition) is 7. The van der Waals surface area contributed by atoms with Gasteiger partial charge in [-0.25, -0.2) is 8.42 Å². The van der Waals surface area contributed by atoms with Gasteiger partial charge in [0.05, 0.1) is 18.3 Å². The first-order valence-corrected chi connectivity index (χ1v) is 14.4. The zero-order valence-electron chi connectivity index (χ0n) is 22.2. The predicted octanol–water partition coefficient (Wildman–Crippen LogP) is 1.68. The predicted molar refractivity (Wildman–Crippen MR) is 144 cm³/mol. The van der Waals surface area contributed by atoms with Crippen molar-refractivity contribution in [1.82, 2.24) is 19.5 Å². The molecule has 2 aliphatic heterocycles. The number of hydrogen-bond donors (Lipinski definition) is 1. The van der Waals surface area contributed by atoms with Gasteiger partial charge in [0.25, 0.3) is 5.91 Å². The van der Waals surface area contributed by atoms with Gasteiger partial charge in [-0.2, -0.15) is 4.31 Å². The number of carbonyl (C=O) groups is 3. The molecule has 0 spiro atoms. The number of nitrogens with zero attached hydrogens (tertiary/aromatic N) is 4. The molecule has 0 saturated carbocycles. The summed E-state index contributed by atoms with van der Waals surface area (Å²) in [6.07, 6.45) is 2.28. The Morgan fingerprint density at radius 3 is 2.45 bits per heavy atom. The van der Waals surface area contributed by atoms with Crippen molar-refractivity contribution in [2.75, 3.05) is 32.1 Å². The molecule has 4 rings (SSSR count). The van der Waals surface area contributed by atoms with Crippen LogP contribution < -0.4 is 10.2 Å². The topological polar surface area (TPSA) is 120 Å². The number of pyridine rings is 1. The minimum absolute atomic E-state index is 0.105. The second-order valence-electron chi connectivity index (χ2n) is 10.5. The zero-order chi connectivity index (χ0) is 27.6. The molecule has 0 radical (unpaired) electrons. The van der Waals surface area contributed by atoms with Crippen LogP contribution in [0.25, 0.3) is 0 Å². The van der Waals surface area contributed by atoms with Gasteiger partial charge in [-0.05, 0) is 55.2 Å². The molecule has 0 bridgehead atoms. The molecule has 3 atom stereocenters. The number of fused-ring (bicyclic) bond motifs is 1. The van der Waals surface area contributed by atoms with Crippen LogP contribution >= 0.6 is 0 Å². The third kappa shape index (κ3) is 5.88. The molecule has 11 heteroatoms. The van der Waals surface area contributed by atoms with E-state index in [0.29, 0.717) is 24.1 Å². The standard InChI is InChI=1S/C27H35N5O5S/c1-18(2)15-22(29-26(34)19-8-10-21(11-9-19)30(3)4)27(35)31-14-12-23-25(31)24(33)16-32(23)38(36,37)17-20-7-5-6-13-28-20/h5-11,13,18,22-23,25H,12,14-17H2,1-4H3,(H,29,34). The number of anilines is 1. The number of Topliss-reactive ketones (excluding diaryl/α,β-unsaturated/α-hetero) is 1. The molecule has 2 fully saturated rings. The largest absolute Gasteiger partial charge is 0.378 e. The Hall–Kier alpha value is -3.31. The van der Waals surface area contributed by atoms with E-state index >= 15 is 0 Å². The summed E-state index contributed by atoms with van der Waals surface area (Å²) in [5.41, 5.74) is 1.77. The Kier molecular flexibility index (Phi) is 8.17. The second-order valence-corrected chi connectivity index (χ2v) is 12.4. The smallest absolute Gasteiger partial charge is 0.251 e. The lowest BCUT2D eigenvalue weighted by molar-refractivity contribution is -0.138. The van der Waals surface area contributed by atoms with E-state index in [1.54, 1.807) is 30.3 Å². The first kappa shape index (κ1) is 27.7. The summed E-state index contributed by atoms with van der Waals surface area (Å²) < 4.78 is 27.6. The van der Waals surface area contributed by atoms with Crippen LogP contribution in [-0.4, -0.2) is 85.5 Å². The Labute approximate surface area is 224 Å². The van der Waals surface area contributed by atoms with E-state index in [1.165, 1.54) is 15.4 Å². The lowest BCUT2D eigenvalue weighted by Gasteiger charge is -2.29. The van der Waals surface area contributed by atoms with Crippen LogP contribution in [0.15, 0.2) is 48.7 Å². The highest BCUT2D eigenvalue weighted by atomic mass is 32.2. The van der Waals surface area contributed by atoms with Gasteiger partial charge in [0.15, 0.2) is 5.78 Å². The van der Waals surface area contributed by atoms with Crippen LogP contribution in [0, 0.1) is 5.92 Å². The average Bonchev–Trinajstić information content (AvgIpc) is 3.45. The molecule has 1 aromatic carbocycles. The fourth-order valence-electron chi connectivity index (χ4n) is 5.18. The normalized spacial score (nSPS) is 20.4. The monoisotopic (exact) mass is 541 g/mol. The maximum atomic E-state index is 13.7. The second kappa shape index (κ2) is 11.2. The van der Waals surface area contributed by atoms with Crippen LogP contribution in [0.2, 0.25) is 0 Å². The number of sulfonamides is 1. The van der Waals surface area contributed by atoms with Crippen molar-refractivity contribution in [3.8, 4) is 0 Å². The number of rotatable bonds is 9. The summed E-state index contributed by atoms with van der Waals surface area (Å²) in [7, 11) is 0.000954. The van der Waals surface area contributed by atoms with E-state index in [0.717, 1.165) is 5.69 Å². The van der Waals surface area contributed by atoms with Gasteiger partial charge in [0.1, 0.15) is 17.8 Å². The maximum Gasteiger partial charge on any atom is 0.251 e. The third-order valence-corrected chi connectivity index (χ3v) is 8.81. The summed E-state index contributed by atoms with van der Waals surface area (Å²) in [6.45, 7) is 3.89. The molecule has 3 unspecified atom stereocenters. The number of likely N-dealkylation sites (tertiary alicyclic amines) is 1. The summed E-state index contributed by atoms with van der Waals surface area (Å²) in [4.78, 5) is 47.3. The summed E-state index contributed by atoms with van der Waals surface area (Å²) in [5, 5.41) is 2.86. The molecule has 3 heterocycles. The maximum absolute atomic E-state index is 13.7. The van der Waals surface area contributed by atoms with E-state index in [9.17, 15) is 22.8 Å². The molecule has 1 aromatic heterocycles. The van der Waals surface area contributed by atoms with E-state index in [2.05, 4.69) is 10.3 Å². The first-order chi connectivity index (χ1) is 18.0. The zero-order valence-corrected chi connectivity index (χ0v) is 23.0. The van der Waals surface area contributed by atoms with Crippen molar-refractivity contribution in [1.29, 1.82) is 0 Å². The van der Waals surface area contributed by atoms with Crippen molar-refractivity contribution in [3.63, 3.8) is 0 Å². The van der Waals surface area contributed by atoms with Gasteiger partial charge in [-0.3, -0.25) is 19.4 Å². The number of amides is 2. The molecule has 2 aromatic rings. The molecule has 2 saturated heterocycles. The number of ketones is 1. The minimum atomic E-state index is -3.81. The van der Waals surface area contributed by atoms with Crippen molar-refractivity contribution in [2.45, 2.75) is 50.6 Å². The van der Waals surface area contributed by atoms with E-state index < -0.39 is 28.1 Å². The summed E-state index contributed by atoms with van der Waals surface area (Å²) in [5.74, 6) is -1.24. The van der Waals surface area contributed by atoms with Gasteiger partial charge < -0.3 is 15.1 Å². The summed E-state index contributed by atoms with van der Waals surface area (Å²) >= 11 is 0. The average molecular weight is 542 g/mol. The van der Waals surface area contributed by atoms with E-state index in [-0.39, 0.29) is 42.4 Å². The molecule has 2 amide bonds. The highest BCUT2D eigenvalue weighted by Crippen LogP contribution is 2.33. The van der Waals surface area contributed by atoms with Gasteiger partial charge in [-0.15, -0.1) is 0 Å². The Morgan fingerprint density at radius 1 is 1.13 bits per heavy atom. The molecule has 38 heavy (non-hydrogen) atoms. The van der Waals surface area contributed by atoms with Crippen molar-refractivity contribution >= 4 is 33.3 Å². The molecule has 2 aliphatic rings. The van der Waals surface area contributed by atoms with Gasteiger partial charge >= 0.3 is 0 Å². The highest BCUT2D eigenvalue weighted by Gasteiger charge is 2.54. The molecule has 1 N–H and O–H groups in total. The van der Waals surface area contributed by atoms with E-state index in [4.69, 9.17) is 0 Å². The van der Waals surface area contributed by atoms with Crippen molar-refractivity contribution < 1.29 is 22.8 Å². The van der Waals surface area contributed by atoms with Gasteiger partial charge in [0, 0.05) is 38.1 Å². The molecule has 10 nitrogen and oxygen atoms in total. The van der Waals surface area contributed by atoms with Crippen LogP contribution in [0.1, 0.15) is 42.7 Å². The Balaban J connectivity index is 1.50. The quantitative estimate of drug-likeness (QED) is 0.513. The van der Waals surface area contributed by atoms with Gasteiger partial charge in [0.2, 0.25) is 15.9 Å². The van der Waals surface area contributed by atoms with Gasteiger partial charge in [-0.1, -0.05) is 19.9 Å². The fraction of sp³-hybridized carbons (Fsp3) is 0.481. The third-order valence-electron chi connectivity index (χ3n) is 7.03. The van der Waals surface area contributed by atoms with Crippen molar-refractivity contribution in [3.05, 3.63) is 59.9 Å². The number of nitrogens with one attached hydrogen (secondary N) is 1. The SMILES string of the molecule is CC(C)CC(NC(=O)c1ccc(N(C)C)cc1)C(=O)N1CCC2C1C(=O)CN2S(=O)(=O)Cc1ccccn1. The lowest BCUT2D eigenvalue weighted by atomic mass is 10.0. The lowest BCUT2D eigenvalue weighted by Crippen LogP contribution is -2.53. The number of carbonyl (C=O) groups excluding carboxylic acids is 3. The highest BCUT2D eigenvalue weighted by molar-refractivity contribution is 7.88. The van der Waals surface area contributed by atoms with Crippen LogP contribution in [0.5, 0.6) is 0 Å².